The molecular formula is C19H23ClN6O. The van der Waals surface area contributed by atoms with Gasteiger partial charge in [0.1, 0.15) is 5.02 Å². The average Bonchev–Trinajstić information content (AvgIpc) is 3.52. The molecule has 1 aliphatic carbocycles. The Bertz CT molecular complexity index is 790. The number of carbonyl (C=O) groups excluding carboxylic acids is 1. The lowest BCUT2D eigenvalue weighted by atomic mass is 9.90. The molecular weight excluding hydrogens is 364 g/mol. The molecule has 1 saturated heterocycles. The average molecular weight is 387 g/mol. The van der Waals surface area contributed by atoms with Crippen molar-refractivity contribution < 1.29 is 4.79 Å². The van der Waals surface area contributed by atoms with Gasteiger partial charge in [-0.25, -0.2) is 0 Å². The van der Waals surface area contributed by atoms with Crippen molar-refractivity contribution in [3.05, 3.63) is 41.3 Å². The molecule has 0 atom stereocenters. The first-order valence-corrected chi connectivity index (χ1v) is 9.79. The first-order chi connectivity index (χ1) is 13.2. The number of nitrogens with zero attached hydrogens (tertiary/aromatic N) is 4. The molecule has 0 radical (unpaired) electrons. The van der Waals surface area contributed by atoms with Crippen molar-refractivity contribution in [2.45, 2.75) is 38.0 Å². The molecule has 4 rings (SSSR count). The van der Waals surface area contributed by atoms with Gasteiger partial charge < -0.3 is 4.90 Å². The van der Waals surface area contributed by atoms with E-state index >= 15 is 0 Å². The second-order valence-electron chi connectivity index (χ2n) is 7.25. The number of halogens is 1. The van der Waals surface area contributed by atoms with E-state index in [1.807, 2.05) is 12.4 Å². The van der Waals surface area contributed by atoms with Gasteiger partial charge in [-0.15, -0.1) is 5.10 Å². The molecule has 2 fully saturated rings. The van der Waals surface area contributed by atoms with Crippen LogP contribution < -0.4 is 15.8 Å². The van der Waals surface area contributed by atoms with Gasteiger partial charge in [-0.05, 0) is 55.2 Å². The Labute approximate surface area is 163 Å². The Kier molecular flexibility index (Phi) is 5.38. The normalized spacial score (nSPS) is 17.6. The van der Waals surface area contributed by atoms with E-state index in [9.17, 15) is 4.79 Å². The quantitative estimate of drug-likeness (QED) is 0.742. The van der Waals surface area contributed by atoms with Gasteiger partial charge in [0.2, 0.25) is 5.91 Å². The molecule has 0 bridgehead atoms. The lowest BCUT2D eigenvalue weighted by Gasteiger charge is -2.34. The minimum Gasteiger partial charge on any atom is -0.369 e. The second kappa shape index (κ2) is 8.08. The second-order valence-corrected chi connectivity index (χ2v) is 7.63. The molecule has 2 N–H and O–H groups in total. The summed E-state index contributed by atoms with van der Waals surface area (Å²) < 4.78 is 0. The van der Waals surface area contributed by atoms with Gasteiger partial charge in [-0.3, -0.25) is 20.6 Å². The maximum Gasteiger partial charge on any atom is 0.238 e. The van der Waals surface area contributed by atoms with Crippen molar-refractivity contribution in [3.8, 4) is 0 Å². The number of hydrogen-bond donors (Lipinski definition) is 2. The highest BCUT2D eigenvalue weighted by Crippen LogP contribution is 2.35. The van der Waals surface area contributed by atoms with Gasteiger partial charge in [0.05, 0.1) is 11.9 Å². The summed E-state index contributed by atoms with van der Waals surface area (Å²) in [4.78, 5) is 18.2. The summed E-state index contributed by atoms with van der Waals surface area (Å²) in [6, 6.07) is 4.18. The number of aromatic nitrogens is 3. The van der Waals surface area contributed by atoms with Crippen LogP contribution in [0.5, 0.6) is 0 Å². The number of hydrogen-bond acceptors (Lipinski definition) is 6. The number of anilines is 2. The maximum absolute atomic E-state index is 11.9. The van der Waals surface area contributed by atoms with Crippen molar-refractivity contribution in [2.24, 2.45) is 5.92 Å². The highest BCUT2D eigenvalue weighted by Gasteiger charge is 2.25. The van der Waals surface area contributed by atoms with Gasteiger partial charge in [0.25, 0.3) is 0 Å². The number of pyridine rings is 1. The molecule has 27 heavy (non-hydrogen) atoms. The van der Waals surface area contributed by atoms with E-state index in [2.05, 4.69) is 43.1 Å². The van der Waals surface area contributed by atoms with Crippen LogP contribution in [-0.2, 0) is 4.79 Å². The Morgan fingerprint density at radius 1 is 1.19 bits per heavy atom. The van der Waals surface area contributed by atoms with E-state index in [4.69, 9.17) is 11.6 Å². The largest absolute Gasteiger partial charge is 0.369 e. The molecule has 3 heterocycles. The van der Waals surface area contributed by atoms with Gasteiger partial charge in [-0.1, -0.05) is 11.6 Å². The number of nitrogens with one attached hydrogen (secondary N) is 2. The lowest BCUT2D eigenvalue weighted by Crippen LogP contribution is -2.34. The fourth-order valence-electron chi connectivity index (χ4n) is 3.52. The molecule has 2 aromatic heterocycles. The van der Waals surface area contributed by atoms with Crippen molar-refractivity contribution in [3.63, 3.8) is 0 Å². The number of hydrazine groups is 1. The molecule has 0 unspecified atom stereocenters. The standard InChI is InChI=1S/C19H23ClN6O/c20-18-16(12-22-24-19(18)25-23-17(27)11-13-1-2-13)26-9-5-15(6-10-26)14-3-7-21-8-4-14/h3-4,7-8,12-13,15H,1-2,5-6,9-11H2,(H,23,27)(H,24,25). The molecule has 1 saturated carbocycles. The van der Waals surface area contributed by atoms with Gasteiger partial charge >= 0.3 is 0 Å². The van der Waals surface area contributed by atoms with E-state index < -0.39 is 0 Å². The van der Waals surface area contributed by atoms with Crippen LogP contribution in [0.4, 0.5) is 11.5 Å². The monoisotopic (exact) mass is 386 g/mol. The summed E-state index contributed by atoms with van der Waals surface area (Å²) in [6.45, 7) is 1.79. The lowest BCUT2D eigenvalue weighted by molar-refractivity contribution is -0.120. The van der Waals surface area contributed by atoms with Crippen molar-refractivity contribution in [1.29, 1.82) is 0 Å². The number of piperidine rings is 1. The van der Waals surface area contributed by atoms with Crippen molar-refractivity contribution >= 4 is 29.0 Å². The molecule has 0 aromatic carbocycles. The van der Waals surface area contributed by atoms with Crippen LogP contribution in [0.25, 0.3) is 0 Å². The molecule has 1 amide bonds. The molecule has 2 aromatic rings. The molecule has 2 aliphatic rings. The Morgan fingerprint density at radius 3 is 2.63 bits per heavy atom. The number of amides is 1. The predicted molar refractivity (Wildman–Crippen MR) is 105 cm³/mol. The van der Waals surface area contributed by atoms with Crippen LogP contribution in [0.2, 0.25) is 5.02 Å². The summed E-state index contributed by atoms with van der Waals surface area (Å²) >= 11 is 6.53. The van der Waals surface area contributed by atoms with Crippen LogP contribution in [0.1, 0.15) is 43.6 Å². The first-order valence-electron chi connectivity index (χ1n) is 9.41. The summed E-state index contributed by atoms with van der Waals surface area (Å²) in [6.07, 6.45) is 10.3. The topological polar surface area (TPSA) is 83.0 Å². The van der Waals surface area contributed by atoms with Crippen molar-refractivity contribution in [1.82, 2.24) is 20.6 Å². The zero-order valence-corrected chi connectivity index (χ0v) is 15.8. The number of rotatable bonds is 6. The third kappa shape index (κ3) is 4.47. The Balaban J connectivity index is 1.37. The van der Waals surface area contributed by atoms with Crippen molar-refractivity contribution in [2.75, 3.05) is 23.4 Å². The summed E-state index contributed by atoms with van der Waals surface area (Å²) in [5.41, 5.74) is 7.67. The highest BCUT2D eigenvalue weighted by atomic mass is 35.5. The van der Waals surface area contributed by atoms with Crippen LogP contribution in [0.15, 0.2) is 30.7 Å². The zero-order valence-electron chi connectivity index (χ0n) is 15.1. The van der Waals surface area contributed by atoms with E-state index in [1.165, 1.54) is 5.56 Å². The Morgan fingerprint density at radius 2 is 1.93 bits per heavy atom. The number of carbonyl (C=O) groups is 1. The SMILES string of the molecule is O=C(CC1CC1)NNc1nncc(N2CCC(c3ccncc3)CC2)c1Cl. The molecule has 0 spiro atoms. The smallest absolute Gasteiger partial charge is 0.238 e. The van der Waals surface area contributed by atoms with Crippen LogP contribution in [0, 0.1) is 5.92 Å². The fraction of sp³-hybridized carbons (Fsp3) is 0.474. The van der Waals surface area contributed by atoms with Crippen LogP contribution in [-0.4, -0.2) is 34.2 Å². The maximum atomic E-state index is 11.9. The van der Waals surface area contributed by atoms with Crippen LogP contribution in [0.3, 0.4) is 0 Å². The van der Waals surface area contributed by atoms with E-state index in [-0.39, 0.29) is 5.91 Å². The third-order valence-electron chi connectivity index (χ3n) is 5.28. The van der Waals surface area contributed by atoms with Gasteiger partial charge in [0.15, 0.2) is 5.82 Å². The van der Waals surface area contributed by atoms with E-state index in [0.717, 1.165) is 44.5 Å². The molecule has 1 aliphatic heterocycles. The highest BCUT2D eigenvalue weighted by molar-refractivity contribution is 6.35. The summed E-state index contributed by atoms with van der Waals surface area (Å²) in [5, 5.41) is 8.56. The molecule has 7 nitrogen and oxygen atoms in total. The Hall–Kier alpha value is -2.41. The molecule has 142 valence electrons. The van der Waals surface area contributed by atoms with Crippen LogP contribution >= 0.6 is 11.6 Å². The molecule has 8 heteroatoms. The van der Waals surface area contributed by atoms with E-state index in [0.29, 0.717) is 29.1 Å². The van der Waals surface area contributed by atoms with E-state index in [1.54, 1.807) is 6.20 Å². The fourth-order valence-corrected chi connectivity index (χ4v) is 3.77. The zero-order chi connectivity index (χ0) is 18.6. The first kappa shape index (κ1) is 18.0. The minimum absolute atomic E-state index is 0.0427. The summed E-state index contributed by atoms with van der Waals surface area (Å²) in [5.74, 6) is 1.41. The van der Waals surface area contributed by atoms with Gasteiger partial charge in [-0.2, -0.15) is 5.10 Å². The summed E-state index contributed by atoms with van der Waals surface area (Å²) in [7, 11) is 0. The third-order valence-corrected chi connectivity index (χ3v) is 5.65. The van der Waals surface area contributed by atoms with Gasteiger partial charge in [0, 0.05) is 31.9 Å². The minimum atomic E-state index is -0.0427. The predicted octanol–water partition coefficient (Wildman–Crippen LogP) is 3.15.